The molecule has 0 saturated carbocycles. The lowest BCUT2D eigenvalue weighted by molar-refractivity contribution is 0.0954. The molecule has 0 aromatic heterocycles. The van der Waals surface area contributed by atoms with Gasteiger partial charge in [0.1, 0.15) is 5.75 Å². The van der Waals surface area contributed by atoms with E-state index >= 15 is 0 Å². The van der Waals surface area contributed by atoms with E-state index in [0.29, 0.717) is 15.6 Å². The van der Waals surface area contributed by atoms with Gasteiger partial charge in [0.25, 0.3) is 5.91 Å². The van der Waals surface area contributed by atoms with Crippen molar-refractivity contribution in [2.75, 3.05) is 0 Å². The van der Waals surface area contributed by atoms with Crippen molar-refractivity contribution in [1.82, 2.24) is 5.43 Å². The third kappa shape index (κ3) is 3.66. The van der Waals surface area contributed by atoms with E-state index in [2.05, 4.69) is 26.5 Å². The van der Waals surface area contributed by atoms with Gasteiger partial charge >= 0.3 is 0 Å². The van der Waals surface area contributed by atoms with Crippen molar-refractivity contribution in [3.8, 4) is 5.75 Å². The summed E-state index contributed by atoms with van der Waals surface area (Å²) in [5.74, 6) is -0.148. The van der Waals surface area contributed by atoms with Crippen molar-refractivity contribution in [3.63, 3.8) is 0 Å². The van der Waals surface area contributed by atoms with Crippen molar-refractivity contribution < 1.29 is 9.90 Å². The van der Waals surface area contributed by atoms with E-state index in [-0.39, 0.29) is 11.7 Å². The second kappa shape index (κ2) is 6.15. The van der Waals surface area contributed by atoms with E-state index in [1.165, 1.54) is 6.21 Å². The highest BCUT2D eigenvalue weighted by atomic mass is 79.9. The minimum atomic E-state index is -0.302. The molecule has 2 aromatic rings. The minimum Gasteiger partial charge on any atom is -0.508 e. The van der Waals surface area contributed by atoms with Gasteiger partial charge in [0.15, 0.2) is 0 Å². The average molecular weight is 319 g/mol. The van der Waals surface area contributed by atoms with Crippen LogP contribution < -0.4 is 5.43 Å². The van der Waals surface area contributed by atoms with Crippen molar-refractivity contribution in [2.24, 2.45) is 5.10 Å². The average Bonchev–Trinajstić information content (AvgIpc) is 2.39. The highest BCUT2D eigenvalue weighted by Gasteiger charge is 2.07. The number of rotatable bonds is 3. The number of benzene rings is 2. The van der Waals surface area contributed by atoms with E-state index in [0.717, 1.165) is 0 Å². The standard InChI is InChI=1S/C14H11BrN2O2/c15-13-7-2-1-6-12(13)14(19)17-16-9-10-4-3-5-11(18)8-10/h1-9,18H,(H,17,19). The van der Waals surface area contributed by atoms with Gasteiger partial charge in [-0.05, 0) is 45.8 Å². The van der Waals surface area contributed by atoms with Gasteiger partial charge in [-0.25, -0.2) is 5.43 Å². The fraction of sp³-hybridized carbons (Fsp3) is 0. The summed E-state index contributed by atoms with van der Waals surface area (Å²) in [4.78, 5) is 11.8. The Morgan fingerprint density at radius 2 is 2.00 bits per heavy atom. The van der Waals surface area contributed by atoms with Crippen LogP contribution in [0.25, 0.3) is 0 Å². The molecule has 0 fully saturated rings. The number of nitrogens with zero attached hydrogens (tertiary/aromatic N) is 1. The summed E-state index contributed by atoms with van der Waals surface area (Å²) in [7, 11) is 0. The summed E-state index contributed by atoms with van der Waals surface area (Å²) >= 11 is 3.30. The predicted octanol–water partition coefficient (Wildman–Crippen LogP) is 2.92. The van der Waals surface area contributed by atoms with Gasteiger partial charge in [0.2, 0.25) is 0 Å². The van der Waals surface area contributed by atoms with Crippen LogP contribution in [0.5, 0.6) is 5.75 Å². The predicted molar refractivity (Wildman–Crippen MR) is 77.3 cm³/mol. The highest BCUT2D eigenvalue weighted by Crippen LogP contribution is 2.15. The second-order valence-electron chi connectivity index (χ2n) is 3.77. The van der Waals surface area contributed by atoms with Gasteiger partial charge in [-0.2, -0.15) is 5.10 Å². The zero-order valence-electron chi connectivity index (χ0n) is 9.88. The van der Waals surface area contributed by atoms with Gasteiger partial charge in [-0.1, -0.05) is 24.3 Å². The molecule has 1 amide bonds. The Kier molecular flexibility index (Phi) is 4.30. The Labute approximate surface area is 118 Å². The van der Waals surface area contributed by atoms with Crippen LogP contribution in [0.15, 0.2) is 58.1 Å². The van der Waals surface area contributed by atoms with Crippen LogP contribution in [0.4, 0.5) is 0 Å². The number of carbonyl (C=O) groups is 1. The number of hydrogen-bond acceptors (Lipinski definition) is 3. The molecule has 19 heavy (non-hydrogen) atoms. The summed E-state index contributed by atoms with van der Waals surface area (Å²) in [5.41, 5.74) is 3.64. The monoisotopic (exact) mass is 318 g/mol. The van der Waals surface area contributed by atoms with Crippen LogP contribution in [0.3, 0.4) is 0 Å². The van der Waals surface area contributed by atoms with Gasteiger partial charge in [0.05, 0.1) is 11.8 Å². The summed E-state index contributed by atoms with van der Waals surface area (Å²) in [6.07, 6.45) is 1.47. The maximum atomic E-state index is 11.8. The van der Waals surface area contributed by atoms with Crippen LogP contribution in [-0.4, -0.2) is 17.2 Å². The number of amides is 1. The Bertz CT molecular complexity index is 626. The van der Waals surface area contributed by atoms with E-state index in [4.69, 9.17) is 0 Å². The molecule has 0 bridgehead atoms. The zero-order valence-corrected chi connectivity index (χ0v) is 11.5. The first kappa shape index (κ1) is 13.3. The summed E-state index contributed by atoms with van der Waals surface area (Å²) in [6, 6.07) is 13.7. The molecule has 0 radical (unpaired) electrons. The molecule has 5 heteroatoms. The molecular formula is C14H11BrN2O2. The molecule has 2 aromatic carbocycles. The maximum Gasteiger partial charge on any atom is 0.272 e. The van der Waals surface area contributed by atoms with Crippen LogP contribution in [0.1, 0.15) is 15.9 Å². The Morgan fingerprint density at radius 1 is 1.21 bits per heavy atom. The van der Waals surface area contributed by atoms with Gasteiger partial charge in [-0.3, -0.25) is 4.79 Å². The lowest BCUT2D eigenvalue weighted by atomic mass is 10.2. The zero-order chi connectivity index (χ0) is 13.7. The van der Waals surface area contributed by atoms with Crippen molar-refractivity contribution in [2.45, 2.75) is 0 Å². The maximum absolute atomic E-state index is 11.8. The van der Waals surface area contributed by atoms with E-state index in [9.17, 15) is 9.90 Å². The molecule has 0 heterocycles. The van der Waals surface area contributed by atoms with Crippen molar-refractivity contribution in [3.05, 3.63) is 64.1 Å². The van der Waals surface area contributed by atoms with Gasteiger partial charge in [-0.15, -0.1) is 0 Å². The lowest BCUT2D eigenvalue weighted by Crippen LogP contribution is -2.18. The van der Waals surface area contributed by atoms with Crippen LogP contribution >= 0.6 is 15.9 Å². The molecule has 4 nitrogen and oxygen atoms in total. The van der Waals surface area contributed by atoms with Crippen LogP contribution in [0, 0.1) is 0 Å². The third-order valence-electron chi connectivity index (χ3n) is 2.37. The topological polar surface area (TPSA) is 61.7 Å². The molecular weight excluding hydrogens is 308 g/mol. The van der Waals surface area contributed by atoms with E-state index in [1.807, 2.05) is 6.07 Å². The quantitative estimate of drug-likeness (QED) is 0.675. The third-order valence-corrected chi connectivity index (χ3v) is 3.06. The molecule has 0 aliphatic heterocycles. The molecule has 2 rings (SSSR count). The normalized spacial score (nSPS) is 10.6. The number of phenols is 1. The first-order chi connectivity index (χ1) is 9.16. The minimum absolute atomic E-state index is 0.154. The van der Waals surface area contributed by atoms with Crippen molar-refractivity contribution >= 4 is 28.1 Å². The Hall–Kier alpha value is -2.14. The number of phenolic OH excluding ortho intramolecular Hbond substituents is 1. The number of hydrogen-bond donors (Lipinski definition) is 2. The summed E-state index contributed by atoms with van der Waals surface area (Å²) < 4.78 is 0.708. The Balaban J connectivity index is 2.03. The van der Waals surface area contributed by atoms with Crippen molar-refractivity contribution in [1.29, 1.82) is 0 Å². The SMILES string of the molecule is O=C(NN=Cc1cccc(O)c1)c1ccccc1Br. The molecule has 0 aliphatic rings. The largest absolute Gasteiger partial charge is 0.508 e. The fourth-order valence-corrected chi connectivity index (χ4v) is 1.94. The lowest BCUT2D eigenvalue weighted by Gasteiger charge is -2.01. The smallest absolute Gasteiger partial charge is 0.272 e. The van der Waals surface area contributed by atoms with Crippen LogP contribution in [-0.2, 0) is 0 Å². The number of hydrazone groups is 1. The fourth-order valence-electron chi connectivity index (χ4n) is 1.48. The van der Waals surface area contributed by atoms with E-state index < -0.39 is 0 Å². The van der Waals surface area contributed by atoms with Crippen LogP contribution in [0.2, 0.25) is 0 Å². The Morgan fingerprint density at radius 3 is 2.74 bits per heavy atom. The molecule has 0 atom stereocenters. The molecule has 0 aliphatic carbocycles. The summed E-state index contributed by atoms with van der Waals surface area (Å²) in [5, 5.41) is 13.1. The first-order valence-electron chi connectivity index (χ1n) is 5.54. The second-order valence-corrected chi connectivity index (χ2v) is 4.63. The number of nitrogens with one attached hydrogen (secondary N) is 1. The first-order valence-corrected chi connectivity index (χ1v) is 6.33. The molecule has 0 saturated heterocycles. The van der Waals surface area contributed by atoms with Gasteiger partial charge in [0, 0.05) is 4.47 Å². The molecule has 2 N–H and O–H groups in total. The van der Waals surface area contributed by atoms with Gasteiger partial charge < -0.3 is 5.11 Å². The number of aromatic hydroxyl groups is 1. The highest BCUT2D eigenvalue weighted by molar-refractivity contribution is 9.10. The molecule has 96 valence electrons. The molecule has 0 unspecified atom stereocenters. The summed E-state index contributed by atoms with van der Waals surface area (Å²) in [6.45, 7) is 0. The van der Waals surface area contributed by atoms with E-state index in [1.54, 1.807) is 42.5 Å². The number of carbonyl (C=O) groups excluding carboxylic acids is 1. The number of halogens is 1. The molecule has 0 spiro atoms.